The Bertz CT molecular complexity index is 96.9. The standard InChI is InChI=1S/C10H24N2O/c1-4-11-6-5-7-12-8-9-13-10(2)3/h10-12H,4-9H2,1-3H3. The molecule has 0 fully saturated rings. The minimum Gasteiger partial charge on any atom is -0.377 e. The van der Waals surface area contributed by atoms with E-state index in [1.807, 2.05) is 0 Å². The molecule has 0 aromatic rings. The SMILES string of the molecule is CCNCCCNCCOC(C)C. The molecule has 0 aliphatic rings. The number of ether oxygens (including phenoxy) is 1. The Morgan fingerprint density at radius 2 is 1.77 bits per heavy atom. The average molecular weight is 188 g/mol. The molecular formula is C10H24N2O. The van der Waals surface area contributed by atoms with Crippen LogP contribution in [0, 0.1) is 0 Å². The molecule has 0 aliphatic heterocycles. The fourth-order valence-electron chi connectivity index (χ4n) is 1.01. The number of rotatable bonds is 9. The smallest absolute Gasteiger partial charge is 0.0594 e. The first-order valence-corrected chi connectivity index (χ1v) is 5.30. The molecule has 0 saturated heterocycles. The van der Waals surface area contributed by atoms with Crippen LogP contribution in [0.4, 0.5) is 0 Å². The van der Waals surface area contributed by atoms with Gasteiger partial charge in [-0.25, -0.2) is 0 Å². The van der Waals surface area contributed by atoms with Crippen molar-refractivity contribution in [1.82, 2.24) is 10.6 Å². The molecule has 13 heavy (non-hydrogen) atoms. The zero-order valence-corrected chi connectivity index (χ0v) is 9.23. The van der Waals surface area contributed by atoms with Crippen molar-refractivity contribution in [2.24, 2.45) is 0 Å². The highest BCUT2D eigenvalue weighted by Crippen LogP contribution is 1.84. The van der Waals surface area contributed by atoms with Crippen LogP contribution in [0.2, 0.25) is 0 Å². The molecule has 3 heteroatoms. The number of hydrogen-bond donors (Lipinski definition) is 2. The van der Waals surface area contributed by atoms with E-state index in [0.29, 0.717) is 6.10 Å². The van der Waals surface area contributed by atoms with Crippen LogP contribution in [0.25, 0.3) is 0 Å². The Kier molecular flexibility index (Phi) is 9.87. The van der Waals surface area contributed by atoms with Crippen molar-refractivity contribution in [3.63, 3.8) is 0 Å². The third-order valence-electron chi connectivity index (χ3n) is 1.69. The lowest BCUT2D eigenvalue weighted by atomic mass is 10.4. The molecule has 0 saturated carbocycles. The van der Waals surface area contributed by atoms with Crippen LogP contribution in [-0.4, -0.2) is 38.9 Å². The Balaban J connectivity index is 2.84. The molecule has 0 spiro atoms. The lowest BCUT2D eigenvalue weighted by molar-refractivity contribution is 0.0809. The summed E-state index contributed by atoms with van der Waals surface area (Å²) in [5.74, 6) is 0. The summed E-state index contributed by atoms with van der Waals surface area (Å²) in [5.41, 5.74) is 0. The van der Waals surface area contributed by atoms with Crippen molar-refractivity contribution in [2.45, 2.75) is 33.3 Å². The van der Waals surface area contributed by atoms with Crippen LogP contribution in [0.5, 0.6) is 0 Å². The Morgan fingerprint density at radius 3 is 2.38 bits per heavy atom. The van der Waals surface area contributed by atoms with Gasteiger partial charge in [0.2, 0.25) is 0 Å². The second-order valence-corrected chi connectivity index (χ2v) is 3.38. The number of hydrogen-bond acceptors (Lipinski definition) is 3. The van der Waals surface area contributed by atoms with Crippen molar-refractivity contribution in [2.75, 3.05) is 32.8 Å². The van der Waals surface area contributed by atoms with Crippen LogP contribution in [0.1, 0.15) is 27.2 Å². The Labute approximate surface area is 82.2 Å². The maximum Gasteiger partial charge on any atom is 0.0594 e. The molecular weight excluding hydrogens is 164 g/mol. The summed E-state index contributed by atoms with van der Waals surface area (Å²) in [6.07, 6.45) is 1.54. The van der Waals surface area contributed by atoms with Gasteiger partial charge in [-0.05, 0) is 39.9 Å². The van der Waals surface area contributed by atoms with Gasteiger partial charge in [0.15, 0.2) is 0 Å². The molecule has 0 amide bonds. The topological polar surface area (TPSA) is 33.3 Å². The predicted octanol–water partition coefficient (Wildman–Crippen LogP) is 1.00. The fourth-order valence-corrected chi connectivity index (χ4v) is 1.01. The van der Waals surface area contributed by atoms with E-state index in [2.05, 4.69) is 31.4 Å². The van der Waals surface area contributed by atoms with E-state index in [9.17, 15) is 0 Å². The predicted molar refractivity (Wildman–Crippen MR) is 57.1 cm³/mol. The largest absolute Gasteiger partial charge is 0.377 e. The highest BCUT2D eigenvalue weighted by molar-refractivity contribution is 4.50. The van der Waals surface area contributed by atoms with Gasteiger partial charge in [0.05, 0.1) is 12.7 Å². The molecule has 0 aliphatic carbocycles. The lowest BCUT2D eigenvalue weighted by Crippen LogP contribution is -2.25. The molecule has 3 nitrogen and oxygen atoms in total. The van der Waals surface area contributed by atoms with Gasteiger partial charge in [-0.1, -0.05) is 6.92 Å². The molecule has 0 aromatic carbocycles. The van der Waals surface area contributed by atoms with E-state index in [1.54, 1.807) is 0 Å². The zero-order valence-electron chi connectivity index (χ0n) is 9.23. The van der Waals surface area contributed by atoms with Crippen LogP contribution in [0.15, 0.2) is 0 Å². The first-order chi connectivity index (χ1) is 6.27. The van der Waals surface area contributed by atoms with Gasteiger partial charge in [-0.2, -0.15) is 0 Å². The summed E-state index contributed by atoms with van der Waals surface area (Å²) in [6, 6.07) is 0. The third-order valence-corrected chi connectivity index (χ3v) is 1.69. The van der Waals surface area contributed by atoms with E-state index >= 15 is 0 Å². The van der Waals surface area contributed by atoms with Crippen molar-refractivity contribution >= 4 is 0 Å². The van der Waals surface area contributed by atoms with Gasteiger partial charge >= 0.3 is 0 Å². The van der Waals surface area contributed by atoms with E-state index in [1.165, 1.54) is 6.42 Å². The van der Waals surface area contributed by atoms with E-state index in [4.69, 9.17) is 4.74 Å². The summed E-state index contributed by atoms with van der Waals surface area (Å²) in [7, 11) is 0. The minimum absolute atomic E-state index is 0.351. The van der Waals surface area contributed by atoms with Gasteiger partial charge < -0.3 is 15.4 Å². The normalized spacial score (nSPS) is 11.1. The summed E-state index contributed by atoms with van der Waals surface area (Å²) in [4.78, 5) is 0. The summed E-state index contributed by atoms with van der Waals surface area (Å²) in [6.45, 7) is 11.3. The van der Waals surface area contributed by atoms with E-state index in [0.717, 1.165) is 32.8 Å². The van der Waals surface area contributed by atoms with Gasteiger partial charge in [0, 0.05) is 6.54 Å². The molecule has 0 heterocycles. The van der Waals surface area contributed by atoms with Crippen molar-refractivity contribution in [3.8, 4) is 0 Å². The molecule has 0 aromatic heterocycles. The van der Waals surface area contributed by atoms with Crippen LogP contribution < -0.4 is 10.6 Å². The molecule has 0 unspecified atom stereocenters. The quantitative estimate of drug-likeness (QED) is 0.530. The number of nitrogens with one attached hydrogen (secondary N) is 2. The summed E-state index contributed by atoms with van der Waals surface area (Å²) >= 11 is 0. The molecule has 0 atom stereocenters. The van der Waals surface area contributed by atoms with Gasteiger partial charge in [0.1, 0.15) is 0 Å². The lowest BCUT2D eigenvalue weighted by Gasteiger charge is -2.08. The van der Waals surface area contributed by atoms with Gasteiger partial charge in [-0.15, -0.1) is 0 Å². The Hall–Kier alpha value is -0.120. The minimum atomic E-state index is 0.351. The highest BCUT2D eigenvalue weighted by atomic mass is 16.5. The maximum atomic E-state index is 5.39. The van der Waals surface area contributed by atoms with Crippen molar-refractivity contribution in [1.29, 1.82) is 0 Å². The van der Waals surface area contributed by atoms with Gasteiger partial charge in [-0.3, -0.25) is 0 Å². The average Bonchev–Trinajstić information content (AvgIpc) is 2.09. The molecule has 80 valence electrons. The van der Waals surface area contributed by atoms with E-state index in [-0.39, 0.29) is 0 Å². The van der Waals surface area contributed by atoms with Crippen molar-refractivity contribution < 1.29 is 4.74 Å². The highest BCUT2D eigenvalue weighted by Gasteiger charge is 1.92. The zero-order chi connectivity index (χ0) is 9.94. The maximum absolute atomic E-state index is 5.39. The van der Waals surface area contributed by atoms with Crippen LogP contribution in [-0.2, 0) is 4.74 Å². The fraction of sp³-hybridized carbons (Fsp3) is 1.00. The van der Waals surface area contributed by atoms with Crippen LogP contribution in [0.3, 0.4) is 0 Å². The van der Waals surface area contributed by atoms with E-state index < -0.39 is 0 Å². The third kappa shape index (κ3) is 11.9. The first-order valence-electron chi connectivity index (χ1n) is 5.30. The second kappa shape index (κ2) is 9.96. The van der Waals surface area contributed by atoms with Gasteiger partial charge in [0.25, 0.3) is 0 Å². The molecule has 2 N–H and O–H groups in total. The molecule has 0 rings (SSSR count). The summed E-state index contributed by atoms with van der Waals surface area (Å²) < 4.78 is 5.39. The Morgan fingerprint density at radius 1 is 1.08 bits per heavy atom. The summed E-state index contributed by atoms with van der Waals surface area (Å²) in [5, 5.41) is 6.62. The molecule has 0 radical (unpaired) electrons. The second-order valence-electron chi connectivity index (χ2n) is 3.38. The van der Waals surface area contributed by atoms with Crippen molar-refractivity contribution in [3.05, 3.63) is 0 Å². The monoisotopic (exact) mass is 188 g/mol. The molecule has 0 bridgehead atoms. The first kappa shape index (κ1) is 12.9. The van der Waals surface area contributed by atoms with Crippen LogP contribution >= 0.6 is 0 Å².